The average Bonchev–Trinajstić information content (AvgIpc) is 3.75. The molecule has 0 aromatic heterocycles. The van der Waals surface area contributed by atoms with Crippen LogP contribution in [0.25, 0.3) is 0 Å². The largest absolute Gasteiger partial charge is 0.417 e. The van der Waals surface area contributed by atoms with E-state index in [0.717, 1.165) is 101 Å². The highest BCUT2D eigenvalue weighted by molar-refractivity contribution is 6.77. The Kier molecular flexibility index (Phi) is 11.5. The molecule has 6 aliphatic carbocycles. The molecule has 0 spiro atoms. The normalized spacial score (nSPS) is 46.5. The first-order valence-electron chi connectivity index (χ1n) is 19.1. The van der Waals surface area contributed by atoms with Gasteiger partial charge < -0.3 is 8.85 Å². The standard InChI is InChI=1S/2C13H26OSi.C12H24Si/c2*1-6-14-15(4,5)13-8-11-7-12(13)10(3)9(11)2;1-8-9(2)11-6-10(8)7-12(11)13(3,4)5/h2*9-13H,6-8H2,1-5H3;8-12H,6-7H2,1-5H3. The molecule has 0 N–H and O–H groups in total. The SMILES string of the molecule is CC1C2CC(C1C)C([Si](C)(C)C)C2.CCO[Si](C)(C)C1CC2CC1C(C)C2C.CCO[Si](C)(C)C1CC2CC1C(C)C2C. The molecule has 43 heavy (non-hydrogen) atoms. The van der Waals surface area contributed by atoms with Crippen LogP contribution in [0.4, 0.5) is 0 Å². The van der Waals surface area contributed by atoms with Gasteiger partial charge in [-0.05, 0) is 166 Å². The Morgan fingerprint density at radius 1 is 0.419 bits per heavy atom. The zero-order valence-corrected chi connectivity index (χ0v) is 34.6. The molecule has 5 heteroatoms. The van der Waals surface area contributed by atoms with Crippen molar-refractivity contribution in [2.24, 2.45) is 71.0 Å². The van der Waals surface area contributed by atoms with Gasteiger partial charge in [0.25, 0.3) is 0 Å². The van der Waals surface area contributed by atoms with Crippen molar-refractivity contribution in [3.05, 3.63) is 0 Å². The Morgan fingerprint density at radius 3 is 0.930 bits per heavy atom. The van der Waals surface area contributed by atoms with Crippen LogP contribution in [0.1, 0.15) is 93.9 Å². The van der Waals surface area contributed by atoms with Crippen LogP contribution in [-0.2, 0) is 8.85 Å². The van der Waals surface area contributed by atoms with Crippen LogP contribution >= 0.6 is 0 Å². The summed E-state index contributed by atoms with van der Waals surface area (Å²) in [5.74, 6) is 12.1. The monoisotopic (exact) mass is 649 g/mol. The molecule has 6 rings (SSSR count). The second-order valence-electron chi connectivity index (χ2n) is 19.1. The number of rotatable bonds is 7. The third-order valence-corrected chi connectivity index (χ3v) is 25.5. The summed E-state index contributed by atoms with van der Waals surface area (Å²) in [5.41, 5.74) is 3.02. The van der Waals surface area contributed by atoms with E-state index in [1.54, 1.807) is 12.8 Å². The van der Waals surface area contributed by atoms with Crippen molar-refractivity contribution in [2.45, 2.75) is 156 Å². The smallest absolute Gasteiger partial charge is 0.190 e. The molecule has 0 saturated heterocycles. The van der Waals surface area contributed by atoms with Crippen LogP contribution in [0.5, 0.6) is 0 Å². The lowest BCUT2D eigenvalue weighted by molar-refractivity contribution is 0.230. The van der Waals surface area contributed by atoms with E-state index in [2.05, 4.69) is 101 Å². The molecule has 15 unspecified atom stereocenters. The summed E-state index contributed by atoms with van der Waals surface area (Å²) in [5, 5.41) is 0. The van der Waals surface area contributed by atoms with Gasteiger partial charge in [-0.2, -0.15) is 0 Å². The molecule has 2 nitrogen and oxygen atoms in total. The van der Waals surface area contributed by atoms with Crippen LogP contribution in [0.2, 0.25) is 62.5 Å². The summed E-state index contributed by atoms with van der Waals surface area (Å²) >= 11 is 0. The molecule has 0 radical (unpaired) electrons. The Morgan fingerprint density at radius 2 is 0.698 bits per heavy atom. The minimum Gasteiger partial charge on any atom is -0.417 e. The lowest BCUT2D eigenvalue weighted by atomic mass is 9.81. The van der Waals surface area contributed by atoms with Crippen molar-refractivity contribution in [3.63, 3.8) is 0 Å². The zero-order chi connectivity index (χ0) is 32.2. The van der Waals surface area contributed by atoms with Gasteiger partial charge in [0.15, 0.2) is 16.6 Å². The highest BCUT2D eigenvalue weighted by Gasteiger charge is 2.56. The van der Waals surface area contributed by atoms with Gasteiger partial charge in [-0.3, -0.25) is 0 Å². The second-order valence-corrected chi connectivity index (χ2v) is 33.0. The summed E-state index contributed by atoms with van der Waals surface area (Å²) in [6.45, 7) is 38.4. The third-order valence-electron chi connectivity index (χ3n) is 15.6. The average molecular weight is 649 g/mol. The first-order valence-corrected chi connectivity index (χ1v) is 28.7. The second kappa shape index (κ2) is 13.6. The molecular weight excluding hydrogens is 573 g/mol. The molecule has 0 aromatic rings. The van der Waals surface area contributed by atoms with Gasteiger partial charge >= 0.3 is 0 Å². The molecule has 6 bridgehead atoms. The van der Waals surface area contributed by atoms with Crippen LogP contribution < -0.4 is 0 Å². The van der Waals surface area contributed by atoms with Crippen molar-refractivity contribution in [1.82, 2.24) is 0 Å². The van der Waals surface area contributed by atoms with Gasteiger partial charge in [0.05, 0.1) is 0 Å². The quantitative estimate of drug-likeness (QED) is 0.256. The van der Waals surface area contributed by atoms with Gasteiger partial charge in [-0.25, -0.2) is 0 Å². The fraction of sp³-hybridized carbons (Fsp3) is 1.00. The first-order chi connectivity index (χ1) is 19.9. The van der Waals surface area contributed by atoms with Crippen molar-refractivity contribution in [2.75, 3.05) is 13.2 Å². The molecule has 0 amide bonds. The van der Waals surface area contributed by atoms with E-state index in [9.17, 15) is 0 Å². The van der Waals surface area contributed by atoms with Crippen LogP contribution in [0.15, 0.2) is 0 Å². The Balaban J connectivity index is 0.000000148. The summed E-state index contributed by atoms with van der Waals surface area (Å²) in [7, 11) is -3.64. The highest BCUT2D eigenvalue weighted by atomic mass is 28.4. The summed E-state index contributed by atoms with van der Waals surface area (Å²) in [6, 6.07) is 0. The maximum Gasteiger partial charge on any atom is 0.190 e. The number of hydrogen-bond donors (Lipinski definition) is 0. The minimum atomic E-state index is -1.40. The van der Waals surface area contributed by atoms with Crippen molar-refractivity contribution in [1.29, 1.82) is 0 Å². The molecule has 6 fully saturated rings. The Labute approximate surface area is 273 Å². The van der Waals surface area contributed by atoms with Crippen molar-refractivity contribution >= 4 is 24.7 Å². The third kappa shape index (κ3) is 7.21. The van der Waals surface area contributed by atoms with Crippen molar-refractivity contribution < 1.29 is 8.85 Å². The molecular formula is C38H76O2Si3. The molecule has 252 valence electrons. The zero-order valence-electron chi connectivity index (χ0n) is 31.6. The van der Waals surface area contributed by atoms with E-state index >= 15 is 0 Å². The fourth-order valence-corrected chi connectivity index (χ4v) is 21.7. The highest BCUT2D eigenvalue weighted by Crippen LogP contribution is 2.62. The molecule has 15 atom stereocenters. The first kappa shape index (κ1) is 36.4. The van der Waals surface area contributed by atoms with E-state index < -0.39 is 24.7 Å². The summed E-state index contributed by atoms with van der Waals surface area (Å²) in [6.07, 6.45) is 9.07. The Hall–Kier alpha value is 0.571. The molecule has 6 saturated carbocycles. The molecule has 6 aliphatic rings. The Bertz CT molecular complexity index is 857. The lowest BCUT2D eigenvalue weighted by Gasteiger charge is -2.39. The number of hydrogen-bond acceptors (Lipinski definition) is 2. The van der Waals surface area contributed by atoms with E-state index in [-0.39, 0.29) is 0 Å². The maximum absolute atomic E-state index is 6.09. The molecule has 0 aromatic carbocycles. The van der Waals surface area contributed by atoms with Gasteiger partial charge in [-0.1, -0.05) is 61.2 Å². The van der Waals surface area contributed by atoms with Crippen molar-refractivity contribution in [3.8, 4) is 0 Å². The van der Waals surface area contributed by atoms with E-state index in [0.29, 0.717) is 0 Å². The molecule has 0 aliphatic heterocycles. The molecule has 0 heterocycles. The predicted octanol–water partition coefficient (Wildman–Crippen LogP) is 11.8. The van der Waals surface area contributed by atoms with Crippen LogP contribution in [0.3, 0.4) is 0 Å². The van der Waals surface area contributed by atoms with Gasteiger partial charge in [0, 0.05) is 21.3 Å². The van der Waals surface area contributed by atoms with Gasteiger partial charge in [-0.15, -0.1) is 0 Å². The van der Waals surface area contributed by atoms with Crippen LogP contribution in [0, 0.1) is 71.0 Å². The topological polar surface area (TPSA) is 18.5 Å². The van der Waals surface area contributed by atoms with E-state index in [4.69, 9.17) is 8.85 Å². The predicted molar refractivity (Wildman–Crippen MR) is 196 cm³/mol. The summed E-state index contributed by atoms with van der Waals surface area (Å²) in [4.78, 5) is 0. The minimum absolute atomic E-state index is 0.849. The van der Waals surface area contributed by atoms with Crippen LogP contribution in [-0.4, -0.2) is 37.9 Å². The van der Waals surface area contributed by atoms with Gasteiger partial charge in [0.1, 0.15) is 0 Å². The maximum atomic E-state index is 6.09. The fourth-order valence-electron chi connectivity index (χ4n) is 12.4. The van der Waals surface area contributed by atoms with E-state index in [1.807, 2.05) is 0 Å². The number of fused-ring (bicyclic) bond motifs is 6. The summed E-state index contributed by atoms with van der Waals surface area (Å²) < 4.78 is 12.2. The van der Waals surface area contributed by atoms with Gasteiger partial charge in [0.2, 0.25) is 0 Å². The van der Waals surface area contributed by atoms with E-state index in [1.165, 1.54) is 25.7 Å². The lowest BCUT2D eigenvalue weighted by Crippen LogP contribution is -2.41.